The van der Waals surface area contributed by atoms with Gasteiger partial charge in [-0.2, -0.15) is 0 Å². The van der Waals surface area contributed by atoms with Crippen LogP contribution in [-0.2, 0) is 4.79 Å². The molecule has 2 aromatic rings. The van der Waals surface area contributed by atoms with Crippen LogP contribution in [0.25, 0.3) is 0 Å². The van der Waals surface area contributed by atoms with Crippen molar-refractivity contribution in [2.75, 3.05) is 37.6 Å². The molecule has 28 heavy (non-hydrogen) atoms. The van der Waals surface area contributed by atoms with E-state index in [2.05, 4.69) is 10.2 Å². The Bertz CT molecular complexity index is 861. The molecule has 0 aromatic heterocycles. The zero-order chi connectivity index (χ0) is 20.1. The number of rotatable bonds is 4. The molecule has 1 N–H and O–H groups in total. The van der Waals surface area contributed by atoms with Crippen molar-refractivity contribution in [3.8, 4) is 0 Å². The number of nitrogens with zero attached hydrogens (tertiary/aromatic N) is 2. The average Bonchev–Trinajstić information content (AvgIpc) is 2.93. The van der Waals surface area contributed by atoms with Gasteiger partial charge in [0, 0.05) is 36.9 Å². The molecule has 0 aliphatic carbocycles. The number of carbonyl (C=O) groups excluding carboxylic acids is 2. The highest BCUT2D eigenvalue weighted by atomic mass is 35.5. The Morgan fingerprint density at radius 3 is 2.46 bits per heavy atom. The van der Waals surface area contributed by atoms with Crippen molar-refractivity contribution < 1.29 is 14.0 Å². The third kappa shape index (κ3) is 5.14. The van der Waals surface area contributed by atoms with Crippen LogP contribution in [-0.4, -0.2) is 49.4 Å². The smallest absolute Gasteiger partial charge is 0.253 e. The average molecular weight is 424 g/mol. The van der Waals surface area contributed by atoms with Crippen LogP contribution in [0.4, 0.5) is 10.1 Å². The van der Waals surface area contributed by atoms with E-state index in [1.807, 2.05) is 0 Å². The standard InChI is InChI=1S/C20H20Cl2FN3O2/c21-14-2-7-17(18(22)12-14)20(28)24-13-19(27)26-9-1-8-25(10-11-26)16-5-3-15(23)4-6-16/h2-7,12H,1,8-11,13H2,(H,24,28). The Kier molecular flexibility index (Phi) is 6.75. The summed E-state index contributed by atoms with van der Waals surface area (Å²) in [6.45, 7) is 2.46. The largest absolute Gasteiger partial charge is 0.370 e. The van der Waals surface area contributed by atoms with Gasteiger partial charge in [0.2, 0.25) is 5.91 Å². The molecule has 1 saturated heterocycles. The van der Waals surface area contributed by atoms with E-state index >= 15 is 0 Å². The molecule has 0 bridgehead atoms. The van der Waals surface area contributed by atoms with E-state index in [1.54, 1.807) is 23.1 Å². The second kappa shape index (κ2) is 9.26. The molecule has 0 saturated carbocycles. The molecule has 1 fully saturated rings. The molecule has 2 aromatic carbocycles. The quantitative estimate of drug-likeness (QED) is 0.816. The van der Waals surface area contributed by atoms with Gasteiger partial charge in [-0.05, 0) is 48.9 Å². The van der Waals surface area contributed by atoms with Crippen molar-refractivity contribution in [2.45, 2.75) is 6.42 Å². The number of hydrogen-bond donors (Lipinski definition) is 1. The lowest BCUT2D eigenvalue weighted by Gasteiger charge is -2.24. The van der Waals surface area contributed by atoms with Crippen LogP contribution in [0.3, 0.4) is 0 Å². The van der Waals surface area contributed by atoms with E-state index in [0.717, 1.165) is 18.7 Å². The highest BCUT2D eigenvalue weighted by molar-refractivity contribution is 6.36. The van der Waals surface area contributed by atoms with Gasteiger partial charge in [0.05, 0.1) is 17.1 Å². The summed E-state index contributed by atoms with van der Waals surface area (Å²) in [5, 5.41) is 3.29. The van der Waals surface area contributed by atoms with E-state index in [9.17, 15) is 14.0 Å². The van der Waals surface area contributed by atoms with E-state index in [0.29, 0.717) is 24.7 Å². The predicted octanol–water partition coefficient (Wildman–Crippen LogP) is 3.60. The number of benzene rings is 2. The minimum Gasteiger partial charge on any atom is -0.370 e. The number of hydrogen-bond acceptors (Lipinski definition) is 3. The Morgan fingerprint density at radius 1 is 1.00 bits per heavy atom. The van der Waals surface area contributed by atoms with Crippen LogP contribution >= 0.6 is 23.2 Å². The molecule has 5 nitrogen and oxygen atoms in total. The zero-order valence-electron chi connectivity index (χ0n) is 15.1. The number of halogens is 3. The van der Waals surface area contributed by atoms with Crippen LogP contribution in [0.2, 0.25) is 10.0 Å². The molecule has 1 aliphatic rings. The van der Waals surface area contributed by atoms with Gasteiger partial charge < -0.3 is 15.1 Å². The molecule has 0 unspecified atom stereocenters. The molecule has 0 spiro atoms. The van der Waals surface area contributed by atoms with E-state index in [4.69, 9.17) is 23.2 Å². The summed E-state index contributed by atoms with van der Waals surface area (Å²) < 4.78 is 13.1. The molecule has 0 atom stereocenters. The normalized spacial score (nSPS) is 14.5. The fourth-order valence-electron chi connectivity index (χ4n) is 3.11. The summed E-state index contributed by atoms with van der Waals surface area (Å²) >= 11 is 11.9. The fraction of sp³-hybridized carbons (Fsp3) is 0.300. The summed E-state index contributed by atoms with van der Waals surface area (Å²) in [6, 6.07) is 10.9. The minimum absolute atomic E-state index is 0.103. The van der Waals surface area contributed by atoms with Gasteiger partial charge >= 0.3 is 0 Å². The van der Waals surface area contributed by atoms with E-state index in [-0.39, 0.29) is 28.9 Å². The van der Waals surface area contributed by atoms with E-state index in [1.165, 1.54) is 24.3 Å². The summed E-state index contributed by atoms with van der Waals surface area (Å²) in [6.07, 6.45) is 0.792. The van der Waals surface area contributed by atoms with Crippen LogP contribution in [0.15, 0.2) is 42.5 Å². The van der Waals surface area contributed by atoms with E-state index < -0.39 is 5.91 Å². The van der Waals surface area contributed by atoms with Crippen molar-refractivity contribution in [1.29, 1.82) is 0 Å². The van der Waals surface area contributed by atoms with Gasteiger partial charge in [-0.25, -0.2) is 4.39 Å². The number of nitrogens with one attached hydrogen (secondary N) is 1. The lowest BCUT2D eigenvalue weighted by atomic mass is 10.2. The second-order valence-electron chi connectivity index (χ2n) is 6.50. The molecular weight excluding hydrogens is 404 g/mol. The second-order valence-corrected chi connectivity index (χ2v) is 7.35. The van der Waals surface area contributed by atoms with Crippen LogP contribution in [0.1, 0.15) is 16.8 Å². The van der Waals surface area contributed by atoms with Crippen LogP contribution < -0.4 is 10.2 Å². The Morgan fingerprint density at radius 2 is 1.75 bits per heavy atom. The third-order valence-corrected chi connectivity index (χ3v) is 5.16. The van der Waals surface area contributed by atoms with Crippen molar-refractivity contribution in [1.82, 2.24) is 10.2 Å². The Labute approximate surface area is 173 Å². The molecule has 8 heteroatoms. The Hall–Kier alpha value is -2.31. The molecule has 1 aliphatic heterocycles. The first-order valence-electron chi connectivity index (χ1n) is 8.95. The topological polar surface area (TPSA) is 52.7 Å². The summed E-state index contributed by atoms with van der Waals surface area (Å²) in [4.78, 5) is 28.6. The minimum atomic E-state index is -0.419. The first-order valence-corrected chi connectivity index (χ1v) is 9.71. The van der Waals surface area contributed by atoms with Gasteiger partial charge in [0.15, 0.2) is 0 Å². The lowest BCUT2D eigenvalue weighted by molar-refractivity contribution is -0.129. The molecule has 1 heterocycles. The van der Waals surface area contributed by atoms with Crippen LogP contribution in [0.5, 0.6) is 0 Å². The maximum atomic E-state index is 13.1. The van der Waals surface area contributed by atoms with Gasteiger partial charge in [0.25, 0.3) is 5.91 Å². The van der Waals surface area contributed by atoms with Crippen molar-refractivity contribution in [2.24, 2.45) is 0 Å². The SMILES string of the molecule is O=C(NCC(=O)N1CCCN(c2ccc(F)cc2)CC1)c1ccc(Cl)cc1Cl. The monoisotopic (exact) mass is 423 g/mol. The van der Waals surface area contributed by atoms with Gasteiger partial charge in [-0.1, -0.05) is 23.2 Å². The highest BCUT2D eigenvalue weighted by Crippen LogP contribution is 2.21. The lowest BCUT2D eigenvalue weighted by Crippen LogP contribution is -2.42. The highest BCUT2D eigenvalue weighted by Gasteiger charge is 2.20. The Balaban J connectivity index is 1.53. The number of anilines is 1. The van der Waals surface area contributed by atoms with Gasteiger partial charge in [-0.15, -0.1) is 0 Å². The van der Waals surface area contributed by atoms with Crippen molar-refractivity contribution in [3.63, 3.8) is 0 Å². The fourth-order valence-corrected chi connectivity index (χ4v) is 3.61. The summed E-state index contributed by atoms with van der Waals surface area (Å²) in [5.41, 5.74) is 1.21. The molecule has 0 radical (unpaired) electrons. The van der Waals surface area contributed by atoms with Crippen molar-refractivity contribution in [3.05, 3.63) is 63.9 Å². The van der Waals surface area contributed by atoms with Gasteiger partial charge in [-0.3, -0.25) is 9.59 Å². The molecule has 148 valence electrons. The van der Waals surface area contributed by atoms with Gasteiger partial charge in [0.1, 0.15) is 5.82 Å². The maximum Gasteiger partial charge on any atom is 0.253 e. The predicted molar refractivity (Wildman–Crippen MR) is 109 cm³/mol. The maximum absolute atomic E-state index is 13.1. The molecule has 3 rings (SSSR count). The number of carbonyl (C=O) groups is 2. The van der Waals surface area contributed by atoms with Crippen LogP contribution in [0, 0.1) is 5.82 Å². The molecule has 2 amide bonds. The van der Waals surface area contributed by atoms with Crippen molar-refractivity contribution >= 4 is 40.7 Å². The third-order valence-electron chi connectivity index (χ3n) is 4.62. The molecular formula is C20H20Cl2FN3O2. The zero-order valence-corrected chi connectivity index (χ0v) is 16.6. The summed E-state index contributed by atoms with van der Waals surface area (Å²) in [7, 11) is 0. The first kappa shape index (κ1) is 20.4. The first-order chi connectivity index (χ1) is 13.4. The number of amides is 2. The summed E-state index contributed by atoms with van der Waals surface area (Å²) in [5.74, 6) is -0.843.